The van der Waals surface area contributed by atoms with Crippen LogP contribution in [0.25, 0.3) is 0 Å². The van der Waals surface area contributed by atoms with Gasteiger partial charge >= 0.3 is 0 Å². The van der Waals surface area contributed by atoms with Crippen LogP contribution < -0.4 is 5.73 Å². The van der Waals surface area contributed by atoms with Crippen LogP contribution in [0.5, 0.6) is 0 Å². The van der Waals surface area contributed by atoms with Gasteiger partial charge in [0.05, 0.1) is 0 Å². The second-order valence-electron chi connectivity index (χ2n) is 4.53. The van der Waals surface area contributed by atoms with E-state index in [9.17, 15) is 4.21 Å². The Balaban J connectivity index is 1.96. The van der Waals surface area contributed by atoms with Crippen molar-refractivity contribution in [3.63, 3.8) is 0 Å². The first-order valence-electron chi connectivity index (χ1n) is 5.97. The molecule has 1 atom stereocenters. The van der Waals surface area contributed by atoms with E-state index in [2.05, 4.69) is 0 Å². The Bertz CT molecular complexity index is 372. The molecule has 0 saturated heterocycles. The van der Waals surface area contributed by atoms with Gasteiger partial charge in [0.2, 0.25) is 0 Å². The molecule has 0 spiro atoms. The summed E-state index contributed by atoms with van der Waals surface area (Å²) in [6, 6.07) is 7.74. The topological polar surface area (TPSA) is 43.1 Å². The number of hydrogen-bond donors (Lipinski definition) is 1. The average molecular weight is 237 g/mol. The highest BCUT2D eigenvalue weighted by Crippen LogP contribution is 2.24. The third-order valence-electron chi connectivity index (χ3n) is 3.18. The number of rotatable bonds is 3. The van der Waals surface area contributed by atoms with Gasteiger partial charge in [-0.3, -0.25) is 4.21 Å². The van der Waals surface area contributed by atoms with E-state index in [1.807, 2.05) is 24.3 Å². The minimum Gasteiger partial charge on any atom is -0.399 e. The fourth-order valence-corrected chi connectivity index (χ4v) is 3.90. The second kappa shape index (κ2) is 5.48. The van der Waals surface area contributed by atoms with Crippen LogP contribution in [0.4, 0.5) is 5.69 Å². The van der Waals surface area contributed by atoms with Gasteiger partial charge < -0.3 is 5.73 Å². The van der Waals surface area contributed by atoms with Gasteiger partial charge in [-0.15, -0.1) is 0 Å². The molecular weight excluding hydrogens is 218 g/mol. The standard InChI is InChI=1S/C13H19NOS/c14-12-6-4-5-11(9-12)10-16(15)13-7-2-1-3-8-13/h4-6,9,13H,1-3,7-8,10,14H2/t16-/m0/s1. The summed E-state index contributed by atoms with van der Waals surface area (Å²) in [6.07, 6.45) is 6.07. The van der Waals surface area contributed by atoms with E-state index in [0.29, 0.717) is 11.0 Å². The van der Waals surface area contributed by atoms with Crippen molar-refractivity contribution < 1.29 is 4.21 Å². The fourth-order valence-electron chi connectivity index (χ4n) is 2.29. The van der Waals surface area contributed by atoms with Crippen LogP contribution in [0.15, 0.2) is 24.3 Å². The van der Waals surface area contributed by atoms with Gasteiger partial charge in [-0.1, -0.05) is 31.4 Å². The predicted octanol–water partition coefficient (Wildman–Crippen LogP) is 2.85. The highest BCUT2D eigenvalue weighted by molar-refractivity contribution is 7.84. The Morgan fingerprint density at radius 3 is 2.69 bits per heavy atom. The second-order valence-corrected chi connectivity index (χ2v) is 6.25. The number of benzene rings is 1. The SMILES string of the molecule is Nc1cccc(C[S@](=O)C2CCCCC2)c1. The van der Waals surface area contributed by atoms with Crippen molar-refractivity contribution in [2.75, 3.05) is 5.73 Å². The molecule has 0 aromatic heterocycles. The molecule has 1 aromatic carbocycles. The van der Waals surface area contributed by atoms with Crippen LogP contribution in [0, 0.1) is 0 Å². The smallest absolute Gasteiger partial charge is 0.0489 e. The lowest BCUT2D eigenvalue weighted by Gasteiger charge is -2.20. The van der Waals surface area contributed by atoms with E-state index in [-0.39, 0.29) is 0 Å². The van der Waals surface area contributed by atoms with E-state index in [1.165, 1.54) is 19.3 Å². The first kappa shape index (κ1) is 11.6. The predicted molar refractivity (Wildman–Crippen MR) is 69.6 cm³/mol. The molecule has 0 amide bonds. The van der Waals surface area contributed by atoms with Gasteiger partial charge in [0, 0.05) is 27.5 Å². The molecule has 2 N–H and O–H groups in total. The molecule has 1 aromatic rings. The lowest BCUT2D eigenvalue weighted by molar-refractivity contribution is 0.504. The monoisotopic (exact) mass is 237 g/mol. The van der Waals surface area contributed by atoms with Crippen LogP contribution in [0.1, 0.15) is 37.7 Å². The Hall–Kier alpha value is -0.830. The van der Waals surface area contributed by atoms with Gasteiger partial charge in [0.1, 0.15) is 0 Å². The quantitative estimate of drug-likeness (QED) is 0.821. The molecule has 0 bridgehead atoms. The largest absolute Gasteiger partial charge is 0.399 e. The Morgan fingerprint density at radius 1 is 1.25 bits per heavy atom. The molecule has 1 fully saturated rings. The van der Waals surface area contributed by atoms with Crippen molar-refractivity contribution in [3.8, 4) is 0 Å². The average Bonchev–Trinajstić information content (AvgIpc) is 2.30. The molecule has 16 heavy (non-hydrogen) atoms. The van der Waals surface area contributed by atoms with Crippen molar-refractivity contribution in [2.24, 2.45) is 0 Å². The Kier molecular flexibility index (Phi) is 3.99. The van der Waals surface area contributed by atoms with E-state index in [0.717, 1.165) is 24.1 Å². The minimum absolute atomic E-state index is 0.412. The number of nitrogen functional groups attached to an aromatic ring is 1. The first-order chi connectivity index (χ1) is 7.75. The van der Waals surface area contributed by atoms with Gasteiger partial charge in [-0.25, -0.2) is 0 Å². The maximum Gasteiger partial charge on any atom is 0.0489 e. The molecule has 0 unspecified atom stereocenters. The molecular formula is C13H19NOS. The molecule has 1 aliphatic carbocycles. The van der Waals surface area contributed by atoms with Crippen LogP contribution >= 0.6 is 0 Å². The molecule has 2 nitrogen and oxygen atoms in total. The number of nitrogens with two attached hydrogens (primary N) is 1. The minimum atomic E-state index is -0.721. The lowest BCUT2D eigenvalue weighted by atomic mass is 10.0. The van der Waals surface area contributed by atoms with Crippen molar-refractivity contribution in [1.29, 1.82) is 0 Å². The Labute approximate surface area is 99.7 Å². The van der Waals surface area contributed by atoms with Crippen LogP contribution in [-0.4, -0.2) is 9.46 Å². The van der Waals surface area contributed by atoms with Gasteiger partial charge in [-0.2, -0.15) is 0 Å². The zero-order valence-corrected chi connectivity index (χ0v) is 10.3. The van der Waals surface area contributed by atoms with Crippen LogP contribution in [-0.2, 0) is 16.6 Å². The molecule has 0 aliphatic heterocycles. The molecule has 2 rings (SSSR count). The van der Waals surface area contributed by atoms with Crippen molar-refractivity contribution in [3.05, 3.63) is 29.8 Å². The van der Waals surface area contributed by atoms with Crippen LogP contribution in [0.2, 0.25) is 0 Å². The summed E-state index contributed by atoms with van der Waals surface area (Å²) in [5, 5.41) is 0.412. The summed E-state index contributed by atoms with van der Waals surface area (Å²) >= 11 is 0. The Morgan fingerprint density at radius 2 is 2.00 bits per heavy atom. The first-order valence-corrected chi connectivity index (χ1v) is 7.35. The lowest BCUT2D eigenvalue weighted by Crippen LogP contribution is -2.19. The number of anilines is 1. The normalized spacial score (nSPS) is 19.5. The fraction of sp³-hybridized carbons (Fsp3) is 0.538. The maximum atomic E-state index is 12.1. The third kappa shape index (κ3) is 3.08. The summed E-state index contributed by atoms with van der Waals surface area (Å²) in [7, 11) is -0.721. The van der Waals surface area contributed by atoms with E-state index < -0.39 is 10.8 Å². The highest BCUT2D eigenvalue weighted by Gasteiger charge is 2.19. The van der Waals surface area contributed by atoms with Gasteiger partial charge in [-0.05, 0) is 30.5 Å². The third-order valence-corrected chi connectivity index (χ3v) is 5.02. The summed E-state index contributed by atoms with van der Waals surface area (Å²) in [5.74, 6) is 0.662. The van der Waals surface area contributed by atoms with E-state index in [4.69, 9.17) is 5.73 Å². The molecule has 0 radical (unpaired) electrons. The zero-order chi connectivity index (χ0) is 11.4. The summed E-state index contributed by atoms with van der Waals surface area (Å²) < 4.78 is 12.1. The summed E-state index contributed by atoms with van der Waals surface area (Å²) in [6.45, 7) is 0. The van der Waals surface area contributed by atoms with E-state index >= 15 is 0 Å². The molecule has 1 saturated carbocycles. The summed E-state index contributed by atoms with van der Waals surface area (Å²) in [5.41, 5.74) is 7.58. The maximum absolute atomic E-state index is 12.1. The van der Waals surface area contributed by atoms with Crippen molar-refractivity contribution in [1.82, 2.24) is 0 Å². The van der Waals surface area contributed by atoms with Gasteiger partial charge in [0.25, 0.3) is 0 Å². The van der Waals surface area contributed by atoms with Gasteiger partial charge in [0.15, 0.2) is 0 Å². The molecule has 1 aliphatic rings. The molecule has 0 heterocycles. The molecule has 88 valence electrons. The number of hydrogen-bond acceptors (Lipinski definition) is 2. The van der Waals surface area contributed by atoms with E-state index in [1.54, 1.807) is 0 Å². The van der Waals surface area contributed by atoms with Crippen LogP contribution in [0.3, 0.4) is 0 Å². The molecule has 3 heteroatoms. The highest BCUT2D eigenvalue weighted by atomic mass is 32.2. The van der Waals surface area contributed by atoms with Crippen molar-refractivity contribution >= 4 is 16.5 Å². The summed E-state index contributed by atoms with van der Waals surface area (Å²) in [4.78, 5) is 0. The van der Waals surface area contributed by atoms with Crippen molar-refractivity contribution in [2.45, 2.75) is 43.1 Å². The zero-order valence-electron chi connectivity index (χ0n) is 9.52.